The topological polar surface area (TPSA) is 64.6 Å². The fourth-order valence-corrected chi connectivity index (χ4v) is 9.73. The van der Waals surface area contributed by atoms with Crippen molar-refractivity contribution >= 4 is 12.1 Å². The maximum absolute atomic E-state index is 12.6. The highest BCUT2D eigenvalue weighted by atomic mass is 16.6. The Morgan fingerprint density at radius 1 is 1.00 bits per heavy atom. The van der Waals surface area contributed by atoms with Crippen LogP contribution < -0.4 is 5.32 Å². The molecule has 4 aliphatic carbocycles. The molecule has 0 aromatic rings. The average molecular weight is 572 g/mol. The molecule has 0 spiro atoms. The van der Waals surface area contributed by atoms with Crippen molar-refractivity contribution in [3.63, 3.8) is 0 Å². The van der Waals surface area contributed by atoms with E-state index < -0.39 is 11.7 Å². The number of fused-ring (bicyclic) bond motifs is 5. The quantitative estimate of drug-likeness (QED) is 0.161. The number of rotatable bonds is 10. The molecular weight excluding hydrogens is 510 g/mol. The van der Waals surface area contributed by atoms with Crippen molar-refractivity contribution in [2.75, 3.05) is 6.54 Å². The fraction of sp³-hybridized carbons (Fsp3) is 0.889. The van der Waals surface area contributed by atoms with Gasteiger partial charge in [-0.2, -0.15) is 0 Å². The minimum Gasteiger partial charge on any atom is -0.462 e. The van der Waals surface area contributed by atoms with E-state index in [1.54, 1.807) is 5.57 Å². The van der Waals surface area contributed by atoms with Gasteiger partial charge >= 0.3 is 12.1 Å². The molecule has 5 heteroatoms. The van der Waals surface area contributed by atoms with Crippen LogP contribution in [-0.4, -0.2) is 30.3 Å². The zero-order valence-electron chi connectivity index (χ0n) is 27.7. The third-order valence-electron chi connectivity index (χ3n) is 11.8. The molecule has 0 saturated heterocycles. The Kier molecular flexibility index (Phi) is 10.3. The molecule has 4 rings (SSSR count). The molecule has 0 aromatic carbocycles. The predicted octanol–water partition coefficient (Wildman–Crippen LogP) is 9.24. The van der Waals surface area contributed by atoms with Crippen molar-refractivity contribution in [3.05, 3.63) is 11.6 Å². The number of ether oxygens (including phenoxy) is 2. The smallest absolute Gasteiger partial charge is 0.407 e. The molecule has 3 saturated carbocycles. The fourth-order valence-electron chi connectivity index (χ4n) is 9.73. The van der Waals surface area contributed by atoms with Crippen molar-refractivity contribution in [2.24, 2.45) is 46.3 Å². The van der Waals surface area contributed by atoms with Crippen LogP contribution in [0.3, 0.4) is 0 Å². The highest BCUT2D eigenvalue weighted by molar-refractivity contribution is 5.70. The van der Waals surface area contributed by atoms with Crippen LogP contribution in [0.15, 0.2) is 11.6 Å². The first-order valence-electron chi connectivity index (χ1n) is 17.1. The molecule has 5 nitrogen and oxygen atoms in total. The van der Waals surface area contributed by atoms with E-state index >= 15 is 0 Å². The van der Waals surface area contributed by atoms with Crippen LogP contribution in [0.5, 0.6) is 0 Å². The number of amides is 1. The van der Waals surface area contributed by atoms with Crippen LogP contribution in [0.2, 0.25) is 0 Å². The maximum atomic E-state index is 12.6. The van der Waals surface area contributed by atoms with E-state index in [0.717, 1.165) is 54.8 Å². The van der Waals surface area contributed by atoms with E-state index in [9.17, 15) is 9.59 Å². The Morgan fingerprint density at radius 3 is 2.46 bits per heavy atom. The van der Waals surface area contributed by atoms with Gasteiger partial charge in [0.05, 0.1) is 0 Å². The summed E-state index contributed by atoms with van der Waals surface area (Å²) in [6.45, 7) is 18.4. The molecule has 1 amide bonds. The molecule has 0 radical (unpaired) electrons. The summed E-state index contributed by atoms with van der Waals surface area (Å²) < 4.78 is 11.2. The van der Waals surface area contributed by atoms with Crippen LogP contribution in [0, 0.1) is 46.3 Å². The molecule has 41 heavy (non-hydrogen) atoms. The lowest BCUT2D eigenvalue weighted by Crippen LogP contribution is -2.51. The zero-order chi connectivity index (χ0) is 30.0. The molecule has 0 unspecified atom stereocenters. The minimum absolute atomic E-state index is 0.00593. The summed E-state index contributed by atoms with van der Waals surface area (Å²) in [7, 11) is 0. The SMILES string of the molecule is CC(C)CCC[C@@H](C)[C@H]1CC[C@H]2[C@@H]3CC=C4C[C@@H](OC(=O)CCCNC(=O)OC(C)(C)C)CC[C@]4(C)[C@H]3CC[C@]12C. The second-order valence-corrected chi connectivity index (χ2v) is 16.2. The number of hydrogen-bond donors (Lipinski definition) is 1. The van der Waals surface area contributed by atoms with E-state index in [0.29, 0.717) is 24.8 Å². The lowest BCUT2D eigenvalue weighted by atomic mass is 9.47. The molecule has 0 aromatic heterocycles. The largest absolute Gasteiger partial charge is 0.462 e. The maximum Gasteiger partial charge on any atom is 0.407 e. The Morgan fingerprint density at radius 2 is 1.76 bits per heavy atom. The Labute approximate surface area is 251 Å². The van der Waals surface area contributed by atoms with Gasteiger partial charge in [0.2, 0.25) is 0 Å². The summed E-state index contributed by atoms with van der Waals surface area (Å²) >= 11 is 0. The van der Waals surface area contributed by atoms with Gasteiger partial charge < -0.3 is 14.8 Å². The van der Waals surface area contributed by atoms with Gasteiger partial charge in [0.1, 0.15) is 11.7 Å². The van der Waals surface area contributed by atoms with Gasteiger partial charge in [-0.3, -0.25) is 4.79 Å². The molecule has 234 valence electrons. The molecule has 0 bridgehead atoms. The first kappa shape index (κ1) is 32.4. The van der Waals surface area contributed by atoms with E-state index in [4.69, 9.17) is 9.47 Å². The highest BCUT2D eigenvalue weighted by Crippen LogP contribution is 2.67. The minimum atomic E-state index is -0.519. The summed E-state index contributed by atoms with van der Waals surface area (Å²) in [5, 5.41) is 2.73. The standard InChI is InChI=1S/C36H61NO4/c1-24(2)11-9-12-25(3)29-16-17-30-28-15-14-26-23-27(18-20-35(26,7)31(28)19-21-36(29,30)8)40-32(38)13-10-22-37-33(39)41-34(4,5)6/h14,24-25,27-31H,9-13,15-23H2,1-8H3,(H,37,39)/t25-,27+,28+,29-,30+,31+,35+,36-/m1/s1. The van der Waals surface area contributed by atoms with E-state index in [-0.39, 0.29) is 17.5 Å². The van der Waals surface area contributed by atoms with Crippen LogP contribution in [0.4, 0.5) is 4.79 Å². The van der Waals surface area contributed by atoms with Gasteiger partial charge in [0, 0.05) is 19.4 Å². The first-order chi connectivity index (χ1) is 19.2. The van der Waals surface area contributed by atoms with Crippen molar-refractivity contribution in [1.82, 2.24) is 5.32 Å². The van der Waals surface area contributed by atoms with Crippen LogP contribution in [0.25, 0.3) is 0 Å². The van der Waals surface area contributed by atoms with Gasteiger partial charge in [-0.15, -0.1) is 0 Å². The number of esters is 1. The number of alkyl carbamates (subject to hydrolysis) is 1. The van der Waals surface area contributed by atoms with Crippen LogP contribution in [-0.2, 0) is 14.3 Å². The van der Waals surface area contributed by atoms with E-state index in [1.807, 2.05) is 20.8 Å². The summed E-state index contributed by atoms with van der Waals surface area (Å²) in [6.07, 6.45) is 17.1. The summed E-state index contributed by atoms with van der Waals surface area (Å²) in [6, 6.07) is 0. The molecule has 0 heterocycles. The number of hydrogen-bond acceptors (Lipinski definition) is 4. The Bertz CT molecular complexity index is 950. The predicted molar refractivity (Wildman–Crippen MR) is 166 cm³/mol. The summed E-state index contributed by atoms with van der Waals surface area (Å²) in [5.41, 5.74) is 1.83. The molecule has 3 fully saturated rings. The second-order valence-electron chi connectivity index (χ2n) is 16.2. The van der Waals surface area contributed by atoms with Crippen molar-refractivity contribution < 1.29 is 19.1 Å². The number of allylic oxidation sites excluding steroid dienone is 1. The lowest BCUT2D eigenvalue weighted by molar-refractivity contribution is -0.151. The van der Waals surface area contributed by atoms with Gasteiger partial charge in [0.15, 0.2) is 0 Å². The van der Waals surface area contributed by atoms with Gasteiger partial charge in [-0.25, -0.2) is 4.79 Å². The third kappa shape index (κ3) is 7.53. The Balaban J connectivity index is 1.28. The Hall–Kier alpha value is -1.52. The molecule has 4 aliphatic rings. The molecule has 1 N–H and O–H groups in total. The number of nitrogens with one attached hydrogen (secondary N) is 1. The summed E-state index contributed by atoms with van der Waals surface area (Å²) in [4.78, 5) is 24.4. The zero-order valence-corrected chi connectivity index (χ0v) is 27.7. The highest BCUT2D eigenvalue weighted by Gasteiger charge is 2.59. The van der Waals surface area contributed by atoms with Crippen molar-refractivity contribution in [1.29, 1.82) is 0 Å². The van der Waals surface area contributed by atoms with Gasteiger partial charge in [0.25, 0.3) is 0 Å². The van der Waals surface area contributed by atoms with Crippen LogP contribution >= 0.6 is 0 Å². The molecule has 8 atom stereocenters. The average Bonchev–Trinajstić information content (AvgIpc) is 3.23. The first-order valence-corrected chi connectivity index (χ1v) is 17.1. The second kappa shape index (κ2) is 13.0. The van der Waals surface area contributed by atoms with Crippen molar-refractivity contribution in [2.45, 2.75) is 151 Å². The van der Waals surface area contributed by atoms with Crippen LogP contribution in [0.1, 0.15) is 139 Å². The van der Waals surface area contributed by atoms with Gasteiger partial charge in [-0.1, -0.05) is 65.5 Å². The molecular formula is C36H61NO4. The molecule has 0 aliphatic heterocycles. The lowest BCUT2D eigenvalue weighted by Gasteiger charge is -2.58. The van der Waals surface area contributed by atoms with Crippen molar-refractivity contribution in [3.8, 4) is 0 Å². The van der Waals surface area contributed by atoms with E-state index in [2.05, 4.69) is 46.0 Å². The normalized spacial score (nSPS) is 35.5. The van der Waals surface area contributed by atoms with E-state index in [1.165, 1.54) is 51.4 Å². The third-order valence-corrected chi connectivity index (χ3v) is 11.8. The monoisotopic (exact) mass is 571 g/mol. The number of carbonyl (C=O) groups excluding carboxylic acids is 2. The van der Waals surface area contributed by atoms with Gasteiger partial charge in [-0.05, 0) is 118 Å². The number of carbonyl (C=O) groups is 2. The summed E-state index contributed by atoms with van der Waals surface area (Å²) in [5.74, 6) is 4.90.